The number of amides is 2. The summed E-state index contributed by atoms with van der Waals surface area (Å²) in [7, 11) is 0. The molecule has 1 fully saturated rings. The maximum Gasteiger partial charge on any atom is 0.317 e. The van der Waals surface area contributed by atoms with E-state index in [-0.39, 0.29) is 12.1 Å². The van der Waals surface area contributed by atoms with Crippen molar-refractivity contribution in [3.05, 3.63) is 0 Å². The van der Waals surface area contributed by atoms with E-state index in [2.05, 4.69) is 5.32 Å². The third-order valence-electron chi connectivity index (χ3n) is 2.92. The van der Waals surface area contributed by atoms with Gasteiger partial charge in [-0.25, -0.2) is 4.79 Å². The molecule has 3 N–H and O–H groups in total. The Bertz CT molecular complexity index is 264. The number of urea groups is 1. The molecular weight excluding hydrogens is 222 g/mol. The van der Waals surface area contributed by atoms with Crippen LogP contribution in [0.25, 0.3) is 0 Å². The zero-order chi connectivity index (χ0) is 12.1. The maximum absolute atomic E-state index is 11.9. The van der Waals surface area contributed by atoms with E-state index in [9.17, 15) is 4.79 Å². The molecule has 0 bridgehead atoms. The molecule has 1 saturated carbocycles. The van der Waals surface area contributed by atoms with Crippen LogP contribution in [0.5, 0.6) is 0 Å². The van der Waals surface area contributed by atoms with Crippen molar-refractivity contribution in [2.45, 2.75) is 51.6 Å². The molecule has 0 spiro atoms. The van der Waals surface area contributed by atoms with Crippen LogP contribution in [0.2, 0.25) is 0 Å². The summed E-state index contributed by atoms with van der Waals surface area (Å²) >= 11 is 4.83. The molecule has 16 heavy (non-hydrogen) atoms. The quantitative estimate of drug-likeness (QED) is 0.722. The monoisotopic (exact) mass is 243 g/mol. The first-order chi connectivity index (χ1) is 7.50. The molecule has 0 unspecified atom stereocenters. The first-order valence-electron chi connectivity index (χ1n) is 5.86. The summed E-state index contributed by atoms with van der Waals surface area (Å²) in [6, 6.07) is 0.559. The largest absolute Gasteiger partial charge is 0.393 e. The zero-order valence-electron chi connectivity index (χ0n) is 10.0. The highest BCUT2D eigenvalue weighted by Crippen LogP contribution is 2.18. The van der Waals surface area contributed by atoms with Crippen LogP contribution in [-0.2, 0) is 0 Å². The summed E-state index contributed by atoms with van der Waals surface area (Å²) in [4.78, 5) is 14.2. The first kappa shape index (κ1) is 13.2. The molecule has 92 valence electrons. The fourth-order valence-corrected chi connectivity index (χ4v) is 1.73. The molecule has 1 aliphatic carbocycles. The lowest BCUT2D eigenvalue weighted by atomic mass is 9.93. The normalized spacial score (nSPS) is 15.7. The van der Waals surface area contributed by atoms with Crippen LogP contribution in [0.3, 0.4) is 0 Å². The number of nitrogens with one attached hydrogen (secondary N) is 1. The van der Waals surface area contributed by atoms with Gasteiger partial charge in [-0.1, -0.05) is 12.2 Å². The second-order valence-electron chi connectivity index (χ2n) is 4.58. The number of thiocarbonyl (C=S) groups is 1. The van der Waals surface area contributed by atoms with E-state index in [1.54, 1.807) is 4.90 Å². The van der Waals surface area contributed by atoms with Gasteiger partial charge in [0.2, 0.25) is 0 Å². The third-order valence-corrected chi connectivity index (χ3v) is 3.12. The highest BCUT2D eigenvalue weighted by atomic mass is 32.1. The van der Waals surface area contributed by atoms with E-state index in [0.29, 0.717) is 24.0 Å². The van der Waals surface area contributed by atoms with E-state index < -0.39 is 0 Å². The summed E-state index contributed by atoms with van der Waals surface area (Å²) in [6.07, 6.45) is 4.02. The molecule has 0 aromatic heterocycles. The number of nitrogens with zero attached hydrogens (tertiary/aromatic N) is 1. The van der Waals surface area contributed by atoms with Crippen molar-refractivity contribution in [3.63, 3.8) is 0 Å². The maximum atomic E-state index is 11.9. The third kappa shape index (κ3) is 3.96. The summed E-state index contributed by atoms with van der Waals surface area (Å²) in [5.74, 6) is 0. The van der Waals surface area contributed by atoms with Gasteiger partial charge in [-0.3, -0.25) is 0 Å². The van der Waals surface area contributed by atoms with Crippen LogP contribution in [-0.4, -0.2) is 34.5 Å². The Morgan fingerprint density at radius 2 is 2.19 bits per heavy atom. The number of hydrogen-bond donors (Lipinski definition) is 2. The second-order valence-corrected chi connectivity index (χ2v) is 5.11. The molecule has 0 saturated heterocycles. The van der Waals surface area contributed by atoms with Crippen LogP contribution >= 0.6 is 12.2 Å². The fourth-order valence-electron chi connectivity index (χ4n) is 1.64. The first-order valence-corrected chi connectivity index (χ1v) is 6.27. The molecule has 4 nitrogen and oxygen atoms in total. The van der Waals surface area contributed by atoms with Crippen molar-refractivity contribution in [1.82, 2.24) is 10.2 Å². The van der Waals surface area contributed by atoms with Crippen molar-refractivity contribution >= 4 is 23.2 Å². The summed E-state index contributed by atoms with van der Waals surface area (Å²) < 4.78 is 0. The number of carbonyl (C=O) groups excluding carboxylic acids is 1. The van der Waals surface area contributed by atoms with Crippen molar-refractivity contribution < 1.29 is 4.79 Å². The molecular formula is C11H21N3OS. The lowest BCUT2D eigenvalue weighted by Gasteiger charge is -2.32. The van der Waals surface area contributed by atoms with Gasteiger partial charge in [-0.2, -0.15) is 0 Å². The van der Waals surface area contributed by atoms with E-state index in [1.807, 2.05) is 13.8 Å². The zero-order valence-corrected chi connectivity index (χ0v) is 10.8. The van der Waals surface area contributed by atoms with Gasteiger partial charge in [0.05, 0.1) is 4.99 Å². The smallest absolute Gasteiger partial charge is 0.317 e. The van der Waals surface area contributed by atoms with Gasteiger partial charge in [0.1, 0.15) is 0 Å². The number of hydrogen-bond acceptors (Lipinski definition) is 2. The molecule has 0 radical (unpaired) electrons. The van der Waals surface area contributed by atoms with Crippen molar-refractivity contribution in [3.8, 4) is 0 Å². The van der Waals surface area contributed by atoms with Gasteiger partial charge in [0.25, 0.3) is 0 Å². The van der Waals surface area contributed by atoms with Gasteiger partial charge in [0, 0.05) is 25.0 Å². The van der Waals surface area contributed by atoms with Gasteiger partial charge < -0.3 is 16.0 Å². The molecule has 5 heteroatoms. The number of carbonyl (C=O) groups is 1. The highest BCUT2D eigenvalue weighted by molar-refractivity contribution is 7.80. The Balaban J connectivity index is 2.40. The molecule has 2 amide bonds. The summed E-state index contributed by atoms with van der Waals surface area (Å²) in [5.41, 5.74) is 5.45. The van der Waals surface area contributed by atoms with Crippen LogP contribution in [0, 0.1) is 0 Å². The second kappa shape index (κ2) is 6.03. The Labute approximate surface area is 103 Å². The molecule has 0 heterocycles. The van der Waals surface area contributed by atoms with Crippen molar-refractivity contribution in [2.24, 2.45) is 5.73 Å². The number of rotatable bonds is 5. The topological polar surface area (TPSA) is 58.4 Å². The average molecular weight is 243 g/mol. The van der Waals surface area contributed by atoms with Gasteiger partial charge >= 0.3 is 6.03 Å². The Morgan fingerprint density at radius 3 is 2.56 bits per heavy atom. The molecule has 0 atom stereocenters. The van der Waals surface area contributed by atoms with Crippen LogP contribution in [0.1, 0.15) is 39.5 Å². The lowest BCUT2D eigenvalue weighted by molar-refractivity contribution is 0.174. The van der Waals surface area contributed by atoms with Crippen LogP contribution in [0.4, 0.5) is 4.79 Å². The standard InChI is InChI=1S/C11H21N3OS/c1-8(2)14(7-6-10(12)16)11(15)13-9-4-3-5-9/h8-9H,3-7H2,1-2H3,(H2,12,16)(H,13,15). The predicted molar refractivity (Wildman–Crippen MR) is 69.4 cm³/mol. The lowest BCUT2D eigenvalue weighted by Crippen LogP contribution is -2.50. The molecule has 1 aliphatic rings. The van der Waals surface area contributed by atoms with Crippen molar-refractivity contribution in [1.29, 1.82) is 0 Å². The van der Waals surface area contributed by atoms with E-state index in [1.165, 1.54) is 6.42 Å². The minimum atomic E-state index is 0.0101. The minimum absolute atomic E-state index is 0.0101. The van der Waals surface area contributed by atoms with E-state index in [0.717, 1.165) is 12.8 Å². The average Bonchev–Trinajstić information content (AvgIpc) is 2.10. The molecule has 1 rings (SSSR count). The van der Waals surface area contributed by atoms with Crippen LogP contribution in [0.15, 0.2) is 0 Å². The summed E-state index contributed by atoms with van der Waals surface area (Å²) in [6.45, 7) is 4.60. The van der Waals surface area contributed by atoms with Crippen LogP contribution < -0.4 is 11.1 Å². The SMILES string of the molecule is CC(C)N(CCC(N)=S)C(=O)NC1CCC1. The Kier molecular flexibility index (Phi) is 4.99. The molecule has 0 aromatic rings. The fraction of sp³-hybridized carbons (Fsp3) is 0.818. The molecule has 0 aliphatic heterocycles. The number of nitrogens with two attached hydrogens (primary N) is 1. The van der Waals surface area contributed by atoms with E-state index >= 15 is 0 Å². The minimum Gasteiger partial charge on any atom is -0.393 e. The predicted octanol–water partition coefficient (Wildman–Crippen LogP) is 1.64. The van der Waals surface area contributed by atoms with Crippen molar-refractivity contribution in [2.75, 3.05) is 6.54 Å². The Morgan fingerprint density at radius 1 is 1.56 bits per heavy atom. The summed E-state index contributed by atoms with van der Waals surface area (Å²) in [5, 5.41) is 3.02. The highest BCUT2D eigenvalue weighted by Gasteiger charge is 2.23. The van der Waals surface area contributed by atoms with Gasteiger partial charge in [-0.15, -0.1) is 0 Å². The van der Waals surface area contributed by atoms with Gasteiger partial charge in [-0.05, 0) is 33.1 Å². The van der Waals surface area contributed by atoms with E-state index in [4.69, 9.17) is 18.0 Å². The van der Waals surface area contributed by atoms with Gasteiger partial charge in [0.15, 0.2) is 0 Å². The Hall–Kier alpha value is -0.840. The molecule has 0 aromatic carbocycles.